The van der Waals surface area contributed by atoms with Crippen molar-refractivity contribution in [3.63, 3.8) is 0 Å². The Labute approximate surface area is 66.3 Å². The second kappa shape index (κ2) is 4.87. The summed E-state index contributed by atoms with van der Waals surface area (Å²) in [5.74, 6) is -0.971. The fourth-order valence-electron chi connectivity index (χ4n) is 0.709. The minimum Gasteiger partial charge on any atom is -0.480 e. The summed E-state index contributed by atoms with van der Waals surface area (Å²) in [5, 5.41) is 8.42. The average molecular weight is 158 g/mol. The Hall–Kier alpha value is -0.870. The van der Waals surface area contributed by atoms with Gasteiger partial charge < -0.3 is 15.7 Å². The van der Waals surface area contributed by atoms with E-state index in [9.17, 15) is 4.79 Å². The number of aliphatic carboxylic acids is 1. The third kappa shape index (κ3) is 4.52. The topological polar surface area (TPSA) is 66.6 Å². The quantitative estimate of drug-likeness (QED) is 0.530. The molecule has 4 heteroatoms. The van der Waals surface area contributed by atoms with Gasteiger partial charge in [-0.2, -0.15) is 0 Å². The average Bonchev–Trinajstić information content (AvgIpc) is 1.87. The molecule has 0 saturated carbocycles. The van der Waals surface area contributed by atoms with Gasteiger partial charge in [-0.15, -0.1) is 6.58 Å². The van der Waals surface area contributed by atoms with E-state index in [-0.39, 0.29) is 0 Å². The first-order valence-corrected chi connectivity index (χ1v) is 3.35. The first-order chi connectivity index (χ1) is 5.07. The highest BCUT2D eigenvalue weighted by atomic mass is 16.4. The van der Waals surface area contributed by atoms with Gasteiger partial charge in [-0.3, -0.25) is 4.79 Å². The molecule has 3 N–H and O–H groups in total. The van der Waals surface area contributed by atoms with Crippen molar-refractivity contribution in [1.29, 1.82) is 0 Å². The van der Waals surface area contributed by atoms with Crippen LogP contribution in [0.2, 0.25) is 0 Å². The molecular formula is C7H14N2O2. The molecule has 64 valence electrons. The predicted molar refractivity (Wildman–Crippen MR) is 43.3 cm³/mol. The zero-order chi connectivity index (χ0) is 8.85. The SMILES string of the molecule is C=CCN(C)CC(N)C(=O)O. The van der Waals surface area contributed by atoms with E-state index in [2.05, 4.69) is 6.58 Å². The van der Waals surface area contributed by atoms with E-state index in [1.165, 1.54) is 0 Å². The zero-order valence-corrected chi connectivity index (χ0v) is 6.66. The molecule has 0 aliphatic carbocycles. The van der Waals surface area contributed by atoms with Gasteiger partial charge in [0.15, 0.2) is 0 Å². The summed E-state index contributed by atoms with van der Waals surface area (Å²) >= 11 is 0. The van der Waals surface area contributed by atoms with Gasteiger partial charge >= 0.3 is 5.97 Å². The van der Waals surface area contributed by atoms with Gasteiger partial charge in [-0.05, 0) is 7.05 Å². The molecule has 1 atom stereocenters. The van der Waals surface area contributed by atoms with Crippen molar-refractivity contribution in [1.82, 2.24) is 4.90 Å². The lowest BCUT2D eigenvalue weighted by molar-refractivity contribution is -0.138. The van der Waals surface area contributed by atoms with Gasteiger partial charge in [0.2, 0.25) is 0 Å². The van der Waals surface area contributed by atoms with Crippen LogP contribution in [-0.4, -0.2) is 42.2 Å². The minimum atomic E-state index is -0.971. The van der Waals surface area contributed by atoms with Crippen molar-refractivity contribution in [2.45, 2.75) is 6.04 Å². The van der Waals surface area contributed by atoms with Crippen molar-refractivity contribution in [3.05, 3.63) is 12.7 Å². The Morgan fingerprint density at radius 2 is 2.45 bits per heavy atom. The molecule has 0 aromatic rings. The summed E-state index contributed by atoms with van der Waals surface area (Å²) in [6.45, 7) is 4.53. The maximum atomic E-state index is 10.3. The van der Waals surface area contributed by atoms with Gasteiger partial charge in [0.05, 0.1) is 0 Å². The number of carboxylic acids is 1. The van der Waals surface area contributed by atoms with E-state index < -0.39 is 12.0 Å². The molecule has 0 aromatic carbocycles. The summed E-state index contributed by atoms with van der Waals surface area (Å²) < 4.78 is 0. The zero-order valence-electron chi connectivity index (χ0n) is 6.66. The largest absolute Gasteiger partial charge is 0.480 e. The lowest BCUT2D eigenvalue weighted by Crippen LogP contribution is -2.41. The molecule has 0 spiro atoms. The standard InChI is InChI=1S/C7H14N2O2/c1-3-4-9(2)5-6(8)7(10)11/h3,6H,1,4-5,8H2,2H3,(H,10,11). The fraction of sp³-hybridized carbons (Fsp3) is 0.571. The number of carboxylic acid groups (broad SMARTS) is 1. The first kappa shape index (κ1) is 10.1. The third-order valence-corrected chi connectivity index (χ3v) is 1.27. The van der Waals surface area contributed by atoms with Crippen LogP contribution in [0.3, 0.4) is 0 Å². The highest BCUT2D eigenvalue weighted by molar-refractivity contribution is 5.73. The molecule has 0 saturated heterocycles. The molecule has 0 aromatic heterocycles. The molecule has 0 aliphatic rings. The van der Waals surface area contributed by atoms with Gasteiger partial charge in [-0.1, -0.05) is 6.08 Å². The van der Waals surface area contributed by atoms with Crippen LogP contribution in [0, 0.1) is 0 Å². The number of hydrogen-bond donors (Lipinski definition) is 2. The monoisotopic (exact) mass is 158 g/mol. The minimum absolute atomic E-state index is 0.349. The van der Waals surface area contributed by atoms with Gasteiger partial charge in [-0.25, -0.2) is 0 Å². The van der Waals surface area contributed by atoms with Crippen molar-refractivity contribution in [2.24, 2.45) is 5.73 Å². The molecule has 0 rings (SSSR count). The second-order valence-corrected chi connectivity index (χ2v) is 2.45. The first-order valence-electron chi connectivity index (χ1n) is 3.35. The Morgan fingerprint density at radius 3 is 2.82 bits per heavy atom. The van der Waals surface area contributed by atoms with Crippen LogP contribution in [0.5, 0.6) is 0 Å². The molecule has 0 fully saturated rings. The number of likely N-dealkylation sites (N-methyl/N-ethyl adjacent to an activating group) is 1. The van der Waals surface area contributed by atoms with E-state index in [1.807, 2.05) is 0 Å². The van der Waals surface area contributed by atoms with E-state index in [4.69, 9.17) is 10.8 Å². The Kier molecular flexibility index (Phi) is 4.49. The number of hydrogen-bond acceptors (Lipinski definition) is 3. The van der Waals surface area contributed by atoms with Crippen LogP contribution < -0.4 is 5.73 Å². The van der Waals surface area contributed by atoms with Crippen LogP contribution in [0.1, 0.15) is 0 Å². The van der Waals surface area contributed by atoms with Crippen molar-refractivity contribution >= 4 is 5.97 Å². The van der Waals surface area contributed by atoms with Crippen LogP contribution in [-0.2, 0) is 4.79 Å². The van der Waals surface area contributed by atoms with Crippen molar-refractivity contribution in [2.75, 3.05) is 20.1 Å². The van der Waals surface area contributed by atoms with E-state index in [1.54, 1.807) is 18.0 Å². The van der Waals surface area contributed by atoms with Crippen LogP contribution >= 0.6 is 0 Å². The highest BCUT2D eigenvalue weighted by Crippen LogP contribution is 1.86. The summed E-state index contributed by atoms with van der Waals surface area (Å²) in [6, 6.07) is -0.806. The third-order valence-electron chi connectivity index (χ3n) is 1.27. The predicted octanol–water partition coefficient (Wildman–Crippen LogP) is -0.484. The summed E-state index contributed by atoms with van der Waals surface area (Å²) in [6.07, 6.45) is 1.70. The number of nitrogens with two attached hydrogens (primary N) is 1. The van der Waals surface area contributed by atoms with Crippen molar-refractivity contribution < 1.29 is 9.90 Å². The Balaban J connectivity index is 3.64. The maximum Gasteiger partial charge on any atom is 0.321 e. The van der Waals surface area contributed by atoms with Crippen LogP contribution in [0.25, 0.3) is 0 Å². The molecule has 0 heterocycles. The van der Waals surface area contributed by atoms with E-state index in [0.717, 1.165) is 0 Å². The Morgan fingerprint density at radius 1 is 1.91 bits per heavy atom. The summed E-state index contributed by atoms with van der Waals surface area (Å²) in [7, 11) is 1.80. The molecule has 11 heavy (non-hydrogen) atoms. The normalized spacial score (nSPS) is 13.0. The van der Waals surface area contributed by atoms with Gasteiger partial charge in [0.1, 0.15) is 6.04 Å². The fourth-order valence-corrected chi connectivity index (χ4v) is 0.709. The van der Waals surface area contributed by atoms with Gasteiger partial charge in [0.25, 0.3) is 0 Å². The van der Waals surface area contributed by atoms with Crippen LogP contribution in [0.4, 0.5) is 0 Å². The Bertz CT molecular complexity index is 147. The second-order valence-electron chi connectivity index (χ2n) is 2.45. The van der Waals surface area contributed by atoms with Crippen molar-refractivity contribution in [3.8, 4) is 0 Å². The van der Waals surface area contributed by atoms with Gasteiger partial charge in [0, 0.05) is 13.1 Å². The summed E-state index contributed by atoms with van der Waals surface area (Å²) in [4.78, 5) is 12.1. The molecule has 0 radical (unpaired) electrons. The molecule has 4 nitrogen and oxygen atoms in total. The maximum absolute atomic E-state index is 10.3. The lowest BCUT2D eigenvalue weighted by atomic mass is 10.3. The van der Waals surface area contributed by atoms with E-state index >= 15 is 0 Å². The smallest absolute Gasteiger partial charge is 0.321 e. The number of nitrogens with zero attached hydrogens (tertiary/aromatic N) is 1. The highest BCUT2D eigenvalue weighted by Gasteiger charge is 2.12. The lowest BCUT2D eigenvalue weighted by Gasteiger charge is -2.16. The van der Waals surface area contributed by atoms with E-state index in [0.29, 0.717) is 13.1 Å². The molecule has 0 amide bonds. The molecule has 0 bridgehead atoms. The summed E-state index contributed by atoms with van der Waals surface area (Å²) in [5.41, 5.74) is 5.27. The van der Waals surface area contributed by atoms with Crippen LogP contribution in [0.15, 0.2) is 12.7 Å². The molecular weight excluding hydrogens is 144 g/mol. The molecule has 1 unspecified atom stereocenters. The molecule has 0 aliphatic heterocycles. The number of carbonyl (C=O) groups is 1. The number of rotatable bonds is 5.